The molecule has 0 bridgehead atoms. The van der Waals surface area contributed by atoms with Crippen LogP contribution in [0.2, 0.25) is 0 Å². The lowest BCUT2D eigenvalue weighted by molar-refractivity contribution is -0.121. The van der Waals surface area contributed by atoms with Gasteiger partial charge in [-0.1, -0.05) is 44.2 Å². The summed E-state index contributed by atoms with van der Waals surface area (Å²) in [4.78, 5) is 12.3. The Morgan fingerprint density at radius 3 is 2.57 bits per heavy atom. The maximum Gasteiger partial charge on any atom is 0.221 e. The number of amides is 1. The van der Waals surface area contributed by atoms with Gasteiger partial charge < -0.3 is 10.6 Å². The van der Waals surface area contributed by atoms with Crippen molar-refractivity contribution in [3.63, 3.8) is 0 Å². The highest BCUT2D eigenvalue weighted by atomic mass is 35.5. The Morgan fingerprint density at radius 1 is 1.30 bits per heavy atom. The van der Waals surface area contributed by atoms with Gasteiger partial charge in [0, 0.05) is 42.5 Å². The minimum Gasteiger partial charge on any atom is -0.355 e. The Labute approximate surface area is 150 Å². The summed E-state index contributed by atoms with van der Waals surface area (Å²) in [5.41, 5.74) is 1.37. The molecule has 1 heterocycles. The van der Waals surface area contributed by atoms with Crippen LogP contribution in [0.5, 0.6) is 0 Å². The predicted octanol–water partition coefficient (Wildman–Crippen LogP) is 3.38. The van der Waals surface area contributed by atoms with Gasteiger partial charge in [0.2, 0.25) is 5.91 Å². The molecule has 5 heteroatoms. The maximum absolute atomic E-state index is 12.3. The van der Waals surface area contributed by atoms with Crippen molar-refractivity contribution in [3.05, 3.63) is 35.9 Å². The van der Waals surface area contributed by atoms with Crippen molar-refractivity contribution in [2.24, 2.45) is 0 Å². The van der Waals surface area contributed by atoms with E-state index in [0.717, 1.165) is 37.4 Å². The lowest BCUT2D eigenvalue weighted by Crippen LogP contribution is -2.44. The van der Waals surface area contributed by atoms with Gasteiger partial charge in [-0.25, -0.2) is 0 Å². The number of rotatable bonds is 7. The zero-order valence-electron chi connectivity index (χ0n) is 14.1. The highest BCUT2D eigenvalue weighted by Gasteiger charge is 2.29. The van der Waals surface area contributed by atoms with E-state index in [4.69, 9.17) is 0 Å². The monoisotopic (exact) mass is 356 g/mol. The zero-order chi connectivity index (χ0) is 15.8. The van der Waals surface area contributed by atoms with E-state index < -0.39 is 0 Å². The van der Waals surface area contributed by atoms with Crippen LogP contribution in [0.1, 0.15) is 38.7 Å². The molecule has 0 saturated carbocycles. The molecule has 1 aliphatic heterocycles. The van der Waals surface area contributed by atoms with Gasteiger partial charge >= 0.3 is 0 Å². The Bertz CT molecular complexity index is 459. The third-order valence-corrected chi connectivity index (χ3v) is 5.92. The fourth-order valence-electron chi connectivity index (χ4n) is 3.12. The van der Waals surface area contributed by atoms with Gasteiger partial charge in [0.05, 0.1) is 0 Å². The van der Waals surface area contributed by atoms with Crippen LogP contribution in [0.3, 0.4) is 0 Å². The Morgan fingerprint density at radius 2 is 2.00 bits per heavy atom. The summed E-state index contributed by atoms with van der Waals surface area (Å²) in [6.07, 6.45) is 2.65. The molecule has 2 N–H and O–H groups in total. The van der Waals surface area contributed by atoms with Crippen molar-refractivity contribution >= 4 is 30.1 Å². The van der Waals surface area contributed by atoms with E-state index >= 15 is 0 Å². The topological polar surface area (TPSA) is 41.1 Å². The Balaban J connectivity index is 0.00000264. The summed E-state index contributed by atoms with van der Waals surface area (Å²) in [6, 6.07) is 10.9. The molecular formula is C18H29ClN2OS. The molecule has 2 rings (SSSR count). The predicted molar refractivity (Wildman–Crippen MR) is 103 cm³/mol. The van der Waals surface area contributed by atoms with E-state index in [1.54, 1.807) is 0 Å². The van der Waals surface area contributed by atoms with Gasteiger partial charge in [-0.15, -0.1) is 12.4 Å². The van der Waals surface area contributed by atoms with Crippen LogP contribution in [0.4, 0.5) is 0 Å². The average Bonchev–Trinajstić information content (AvgIpc) is 2.58. The number of halogens is 1. The van der Waals surface area contributed by atoms with E-state index in [2.05, 4.69) is 48.7 Å². The van der Waals surface area contributed by atoms with Crippen LogP contribution in [0.25, 0.3) is 0 Å². The first-order valence-corrected chi connectivity index (χ1v) is 9.49. The molecule has 1 fully saturated rings. The van der Waals surface area contributed by atoms with Crippen molar-refractivity contribution in [1.29, 1.82) is 0 Å². The largest absolute Gasteiger partial charge is 0.355 e. The van der Waals surface area contributed by atoms with E-state index in [9.17, 15) is 4.79 Å². The second-order valence-corrected chi connectivity index (χ2v) is 7.21. The van der Waals surface area contributed by atoms with Crippen molar-refractivity contribution in [1.82, 2.24) is 10.6 Å². The molecule has 1 aliphatic rings. The van der Waals surface area contributed by atoms with Gasteiger partial charge in [-0.05, 0) is 18.4 Å². The third-order valence-electron chi connectivity index (χ3n) is 4.79. The molecular weight excluding hydrogens is 328 g/mol. The first-order valence-electron chi connectivity index (χ1n) is 8.33. The molecule has 0 radical (unpaired) electrons. The summed E-state index contributed by atoms with van der Waals surface area (Å²) < 4.78 is 0. The molecule has 1 atom stereocenters. The number of carbonyl (C=O) groups is 1. The average molecular weight is 357 g/mol. The summed E-state index contributed by atoms with van der Waals surface area (Å²) >= 11 is 1.93. The fraction of sp³-hybridized carbons (Fsp3) is 0.611. The normalized spacial score (nSPS) is 18.1. The van der Waals surface area contributed by atoms with Crippen LogP contribution in [-0.2, 0) is 10.2 Å². The fourth-order valence-corrected chi connectivity index (χ4v) is 4.07. The van der Waals surface area contributed by atoms with E-state index in [1.165, 1.54) is 5.56 Å². The minimum atomic E-state index is 0. The molecule has 1 aromatic carbocycles. The SMILES string of the molecule is CCC(CC)(CNC(=O)CC1CSCCN1)c1ccccc1.Cl. The van der Waals surface area contributed by atoms with Crippen molar-refractivity contribution in [2.75, 3.05) is 24.6 Å². The molecule has 0 spiro atoms. The van der Waals surface area contributed by atoms with Crippen molar-refractivity contribution in [3.8, 4) is 0 Å². The van der Waals surface area contributed by atoms with Crippen molar-refractivity contribution < 1.29 is 4.79 Å². The molecule has 0 aliphatic carbocycles. The van der Waals surface area contributed by atoms with Gasteiger partial charge in [0.25, 0.3) is 0 Å². The highest BCUT2D eigenvalue weighted by molar-refractivity contribution is 7.99. The van der Waals surface area contributed by atoms with Crippen LogP contribution < -0.4 is 10.6 Å². The van der Waals surface area contributed by atoms with Crippen LogP contribution in [0.15, 0.2) is 30.3 Å². The summed E-state index contributed by atoms with van der Waals surface area (Å²) in [5, 5.41) is 6.61. The van der Waals surface area contributed by atoms with E-state index in [0.29, 0.717) is 12.5 Å². The number of nitrogens with one attached hydrogen (secondary N) is 2. The number of carbonyl (C=O) groups excluding carboxylic acids is 1. The van der Waals surface area contributed by atoms with Crippen LogP contribution in [0, 0.1) is 0 Å². The second-order valence-electron chi connectivity index (χ2n) is 6.06. The Hall–Kier alpha value is -0.710. The molecule has 1 unspecified atom stereocenters. The van der Waals surface area contributed by atoms with Gasteiger partial charge in [0.1, 0.15) is 0 Å². The molecule has 1 aromatic rings. The molecule has 3 nitrogen and oxygen atoms in total. The third kappa shape index (κ3) is 5.70. The minimum absolute atomic E-state index is 0. The first-order chi connectivity index (χ1) is 10.7. The molecule has 0 aromatic heterocycles. The molecule has 1 saturated heterocycles. The standard InChI is InChI=1S/C18H28N2OS.ClH/c1-3-18(4-2,15-8-6-5-7-9-15)14-20-17(21)12-16-13-22-11-10-19-16;/h5-9,16,19H,3-4,10-14H2,1-2H3,(H,20,21);1H. The van der Waals surface area contributed by atoms with E-state index in [1.807, 2.05) is 17.8 Å². The number of hydrogen-bond acceptors (Lipinski definition) is 3. The van der Waals surface area contributed by atoms with Crippen LogP contribution >= 0.6 is 24.2 Å². The van der Waals surface area contributed by atoms with E-state index in [-0.39, 0.29) is 23.7 Å². The summed E-state index contributed by atoms with van der Waals surface area (Å²) in [5.74, 6) is 2.36. The van der Waals surface area contributed by atoms with Gasteiger partial charge in [-0.3, -0.25) is 4.79 Å². The Kier molecular flexibility index (Phi) is 9.03. The molecule has 130 valence electrons. The smallest absolute Gasteiger partial charge is 0.221 e. The quantitative estimate of drug-likeness (QED) is 0.786. The lowest BCUT2D eigenvalue weighted by Gasteiger charge is -2.33. The molecule has 1 amide bonds. The molecule has 23 heavy (non-hydrogen) atoms. The summed E-state index contributed by atoms with van der Waals surface area (Å²) in [6.45, 7) is 6.16. The maximum atomic E-state index is 12.3. The highest BCUT2D eigenvalue weighted by Crippen LogP contribution is 2.30. The lowest BCUT2D eigenvalue weighted by atomic mass is 9.76. The summed E-state index contributed by atoms with van der Waals surface area (Å²) in [7, 11) is 0. The zero-order valence-corrected chi connectivity index (χ0v) is 15.8. The number of hydrogen-bond donors (Lipinski definition) is 2. The first kappa shape index (κ1) is 20.3. The number of benzene rings is 1. The van der Waals surface area contributed by atoms with Gasteiger partial charge in [0.15, 0.2) is 0 Å². The number of thioether (sulfide) groups is 1. The second kappa shape index (κ2) is 10.2. The van der Waals surface area contributed by atoms with Gasteiger partial charge in [-0.2, -0.15) is 11.8 Å². The van der Waals surface area contributed by atoms with Crippen molar-refractivity contribution in [2.45, 2.75) is 44.6 Å². The van der Waals surface area contributed by atoms with Crippen LogP contribution in [-0.4, -0.2) is 36.5 Å².